The largest absolute Gasteiger partial charge is 0.482 e. The number of amides is 2. The highest BCUT2D eigenvalue weighted by molar-refractivity contribution is 6.34. The second kappa shape index (κ2) is 7.99. The van der Waals surface area contributed by atoms with Crippen LogP contribution in [0.1, 0.15) is 6.92 Å². The zero-order valence-electron chi connectivity index (χ0n) is 12.5. The lowest BCUT2D eigenvalue weighted by Crippen LogP contribution is -2.20. The number of hydrogen-bond donors (Lipinski definition) is 2. The maximum atomic E-state index is 13.5. The van der Waals surface area contributed by atoms with Crippen molar-refractivity contribution >= 4 is 46.4 Å². The number of nitrogens with one attached hydrogen (secondary N) is 2. The number of ether oxygens (including phenoxy) is 1. The molecular formula is C16H13Cl2FN2O3. The van der Waals surface area contributed by atoms with Crippen molar-refractivity contribution in [1.29, 1.82) is 0 Å². The minimum Gasteiger partial charge on any atom is -0.482 e. The quantitative estimate of drug-likeness (QED) is 0.831. The Bertz CT molecular complexity index is 784. The second-order valence-electron chi connectivity index (χ2n) is 4.79. The first-order valence-electron chi connectivity index (χ1n) is 6.80. The van der Waals surface area contributed by atoms with Crippen LogP contribution in [0.25, 0.3) is 0 Å². The van der Waals surface area contributed by atoms with E-state index < -0.39 is 17.6 Å². The second-order valence-corrected chi connectivity index (χ2v) is 5.63. The molecular weight excluding hydrogens is 358 g/mol. The molecule has 2 amide bonds. The topological polar surface area (TPSA) is 67.4 Å². The summed E-state index contributed by atoms with van der Waals surface area (Å²) in [5, 5.41) is 5.60. The van der Waals surface area contributed by atoms with Crippen molar-refractivity contribution in [1.82, 2.24) is 0 Å². The lowest BCUT2D eigenvalue weighted by molar-refractivity contribution is -0.118. The van der Waals surface area contributed by atoms with E-state index in [1.807, 2.05) is 0 Å². The molecule has 0 aliphatic heterocycles. The maximum Gasteiger partial charge on any atom is 0.262 e. The first kappa shape index (κ1) is 18.0. The van der Waals surface area contributed by atoms with Gasteiger partial charge in [-0.2, -0.15) is 0 Å². The molecule has 0 fully saturated rings. The molecule has 24 heavy (non-hydrogen) atoms. The predicted molar refractivity (Wildman–Crippen MR) is 91.3 cm³/mol. The van der Waals surface area contributed by atoms with Crippen LogP contribution in [0.2, 0.25) is 10.0 Å². The average Bonchev–Trinajstić information content (AvgIpc) is 2.51. The third-order valence-corrected chi connectivity index (χ3v) is 3.36. The summed E-state index contributed by atoms with van der Waals surface area (Å²) in [4.78, 5) is 22.9. The van der Waals surface area contributed by atoms with Gasteiger partial charge in [0.2, 0.25) is 5.91 Å². The molecule has 2 aromatic rings. The lowest BCUT2D eigenvalue weighted by Gasteiger charge is -2.10. The summed E-state index contributed by atoms with van der Waals surface area (Å²) < 4.78 is 18.8. The molecule has 0 saturated heterocycles. The predicted octanol–water partition coefficient (Wildman–Crippen LogP) is 4.11. The first-order valence-corrected chi connectivity index (χ1v) is 7.55. The van der Waals surface area contributed by atoms with E-state index in [1.165, 1.54) is 25.1 Å². The Balaban J connectivity index is 1.99. The SMILES string of the molecule is CC(=O)Nc1cc(NC(=O)COc2cc(Cl)ccc2Cl)ccc1F. The number of halogens is 3. The van der Waals surface area contributed by atoms with Crippen LogP contribution in [0.3, 0.4) is 0 Å². The van der Waals surface area contributed by atoms with E-state index in [9.17, 15) is 14.0 Å². The molecule has 0 heterocycles. The number of anilines is 2. The molecule has 0 aliphatic carbocycles. The summed E-state index contributed by atoms with van der Waals surface area (Å²) in [6, 6.07) is 8.45. The minimum absolute atomic E-state index is 0.0286. The van der Waals surface area contributed by atoms with Gasteiger partial charge in [0, 0.05) is 23.7 Å². The summed E-state index contributed by atoms with van der Waals surface area (Å²) in [6.07, 6.45) is 0. The fraction of sp³-hybridized carbons (Fsp3) is 0.125. The summed E-state index contributed by atoms with van der Waals surface area (Å²) in [6.45, 7) is 0.945. The van der Waals surface area contributed by atoms with Crippen LogP contribution in [0.15, 0.2) is 36.4 Å². The van der Waals surface area contributed by atoms with Gasteiger partial charge >= 0.3 is 0 Å². The fourth-order valence-corrected chi connectivity index (χ4v) is 2.15. The van der Waals surface area contributed by atoms with Crippen molar-refractivity contribution in [2.45, 2.75) is 6.92 Å². The summed E-state index contributed by atoms with van der Waals surface area (Å²) in [5.41, 5.74) is 0.282. The van der Waals surface area contributed by atoms with Gasteiger partial charge in [0.1, 0.15) is 11.6 Å². The Morgan fingerprint density at radius 2 is 1.88 bits per heavy atom. The molecule has 0 unspecified atom stereocenters. The van der Waals surface area contributed by atoms with E-state index in [0.29, 0.717) is 15.7 Å². The van der Waals surface area contributed by atoms with Crippen molar-refractivity contribution < 1.29 is 18.7 Å². The van der Waals surface area contributed by atoms with Crippen LogP contribution in [0.4, 0.5) is 15.8 Å². The van der Waals surface area contributed by atoms with Crippen molar-refractivity contribution in [3.05, 3.63) is 52.3 Å². The summed E-state index contributed by atoms with van der Waals surface area (Å²) in [7, 11) is 0. The Hall–Kier alpha value is -2.31. The molecule has 2 N–H and O–H groups in total. The van der Waals surface area contributed by atoms with Gasteiger partial charge in [-0.15, -0.1) is 0 Å². The van der Waals surface area contributed by atoms with Gasteiger partial charge in [0.25, 0.3) is 5.91 Å². The number of rotatable bonds is 5. The van der Waals surface area contributed by atoms with Crippen molar-refractivity contribution in [3.63, 3.8) is 0 Å². The Morgan fingerprint density at radius 3 is 2.58 bits per heavy atom. The highest BCUT2D eigenvalue weighted by atomic mass is 35.5. The zero-order chi connectivity index (χ0) is 17.7. The molecule has 8 heteroatoms. The van der Waals surface area contributed by atoms with Gasteiger partial charge in [-0.05, 0) is 30.3 Å². The molecule has 0 saturated carbocycles. The van der Waals surface area contributed by atoms with Gasteiger partial charge in [-0.3, -0.25) is 9.59 Å². The van der Waals surface area contributed by atoms with Crippen LogP contribution < -0.4 is 15.4 Å². The van der Waals surface area contributed by atoms with Gasteiger partial charge < -0.3 is 15.4 Å². The zero-order valence-corrected chi connectivity index (χ0v) is 14.0. The standard InChI is InChI=1S/C16H13Cl2FN2O3/c1-9(22)20-14-7-11(3-5-13(14)19)21-16(23)8-24-15-6-10(17)2-4-12(15)18/h2-7H,8H2,1H3,(H,20,22)(H,21,23). The normalized spacial score (nSPS) is 10.2. The summed E-state index contributed by atoms with van der Waals surface area (Å²) >= 11 is 11.8. The van der Waals surface area contributed by atoms with Gasteiger partial charge in [0.05, 0.1) is 10.7 Å². The molecule has 5 nitrogen and oxygen atoms in total. The van der Waals surface area contributed by atoms with Crippen molar-refractivity contribution in [2.75, 3.05) is 17.2 Å². The number of carbonyl (C=O) groups excluding carboxylic acids is 2. The molecule has 0 aliphatic rings. The van der Waals surface area contributed by atoms with Crippen molar-refractivity contribution in [2.24, 2.45) is 0 Å². The molecule has 0 atom stereocenters. The molecule has 2 rings (SSSR count). The van der Waals surface area contributed by atoms with Gasteiger partial charge in [-0.1, -0.05) is 23.2 Å². The summed E-state index contributed by atoms with van der Waals surface area (Å²) in [5.74, 6) is -1.23. The van der Waals surface area contributed by atoms with E-state index >= 15 is 0 Å². The Labute approximate surface area is 147 Å². The van der Waals surface area contributed by atoms with Crippen molar-refractivity contribution in [3.8, 4) is 5.75 Å². The van der Waals surface area contributed by atoms with Crippen LogP contribution >= 0.6 is 23.2 Å². The van der Waals surface area contributed by atoms with Crippen LogP contribution in [0.5, 0.6) is 5.75 Å². The van der Waals surface area contributed by atoms with E-state index in [4.69, 9.17) is 27.9 Å². The monoisotopic (exact) mass is 370 g/mol. The minimum atomic E-state index is -0.606. The number of carbonyl (C=O) groups is 2. The average molecular weight is 371 g/mol. The molecule has 0 aromatic heterocycles. The molecule has 2 aromatic carbocycles. The van der Waals surface area contributed by atoms with Gasteiger partial charge in [0.15, 0.2) is 6.61 Å². The molecule has 0 radical (unpaired) electrons. The molecule has 126 valence electrons. The van der Waals surface area contributed by atoms with E-state index in [0.717, 1.165) is 6.07 Å². The third kappa shape index (κ3) is 5.11. The molecule has 0 bridgehead atoms. The smallest absolute Gasteiger partial charge is 0.262 e. The Morgan fingerprint density at radius 1 is 1.12 bits per heavy atom. The van der Waals surface area contributed by atoms with E-state index in [1.54, 1.807) is 12.1 Å². The molecule has 0 spiro atoms. The van der Waals surface area contributed by atoms with E-state index in [-0.39, 0.29) is 18.0 Å². The first-order chi connectivity index (χ1) is 11.3. The van der Waals surface area contributed by atoms with Crippen LogP contribution in [-0.4, -0.2) is 18.4 Å². The van der Waals surface area contributed by atoms with Crippen LogP contribution in [0, 0.1) is 5.82 Å². The van der Waals surface area contributed by atoms with Crippen LogP contribution in [-0.2, 0) is 9.59 Å². The highest BCUT2D eigenvalue weighted by Crippen LogP contribution is 2.27. The number of hydrogen-bond acceptors (Lipinski definition) is 3. The highest BCUT2D eigenvalue weighted by Gasteiger charge is 2.10. The number of benzene rings is 2. The third-order valence-electron chi connectivity index (χ3n) is 2.81. The van der Waals surface area contributed by atoms with E-state index in [2.05, 4.69) is 10.6 Å². The fourth-order valence-electron chi connectivity index (χ4n) is 1.82. The van der Waals surface area contributed by atoms with Gasteiger partial charge in [-0.25, -0.2) is 4.39 Å². The Kier molecular flexibility index (Phi) is 6.00. The maximum absolute atomic E-state index is 13.5. The lowest BCUT2D eigenvalue weighted by atomic mass is 10.2.